The zero-order chi connectivity index (χ0) is 20.7. The molecule has 1 aliphatic rings. The molecule has 0 heteroatoms. The molecule has 0 bridgehead atoms. The van der Waals surface area contributed by atoms with Gasteiger partial charge in [0.15, 0.2) is 0 Å². The molecule has 0 spiro atoms. The quantitative estimate of drug-likeness (QED) is 0.282. The van der Waals surface area contributed by atoms with Gasteiger partial charge in [0.1, 0.15) is 0 Å². The molecule has 1 aliphatic carbocycles. The molecule has 1 rings (SSSR count). The van der Waals surface area contributed by atoms with Crippen LogP contribution in [0.4, 0.5) is 0 Å². The fourth-order valence-electron chi connectivity index (χ4n) is 5.26. The van der Waals surface area contributed by atoms with E-state index in [0.717, 1.165) is 47.3 Å². The molecule has 0 aromatic carbocycles. The molecule has 0 saturated heterocycles. The summed E-state index contributed by atoms with van der Waals surface area (Å²) in [4.78, 5) is 0. The predicted molar refractivity (Wildman–Crippen MR) is 124 cm³/mol. The molecule has 8 unspecified atom stereocenters. The Balaban J connectivity index is 3.23. The first-order valence-corrected chi connectivity index (χ1v) is 12.1. The fourth-order valence-corrected chi connectivity index (χ4v) is 5.26. The molecule has 8 atom stereocenters. The largest absolute Gasteiger partial charge is 0.102 e. The third-order valence-electron chi connectivity index (χ3n) is 7.98. The van der Waals surface area contributed by atoms with Gasteiger partial charge in [-0.1, -0.05) is 99.3 Å². The Bertz CT molecular complexity index is 457. The van der Waals surface area contributed by atoms with E-state index in [1.165, 1.54) is 32.1 Å². The molecule has 0 aromatic heterocycles. The molecule has 0 amide bonds. The lowest BCUT2D eigenvalue weighted by atomic mass is 9.68. The summed E-state index contributed by atoms with van der Waals surface area (Å²) >= 11 is 0. The Morgan fingerprint density at radius 1 is 0.963 bits per heavy atom. The second-order valence-electron chi connectivity index (χ2n) is 10.2. The van der Waals surface area contributed by atoms with Gasteiger partial charge in [-0.05, 0) is 66.1 Å². The van der Waals surface area contributed by atoms with E-state index in [4.69, 9.17) is 0 Å². The monoisotopic (exact) mass is 374 g/mol. The van der Waals surface area contributed by atoms with Crippen LogP contribution in [0.5, 0.6) is 0 Å². The smallest absolute Gasteiger partial charge is 0.00514 e. The van der Waals surface area contributed by atoms with Gasteiger partial charge in [0.05, 0.1) is 0 Å². The molecule has 0 N–H and O–H groups in total. The third-order valence-corrected chi connectivity index (χ3v) is 7.98. The minimum absolute atomic E-state index is 0.525. The van der Waals surface area contributed by atoms with Crippen molar-refractivity contribution >= 4 is 0 Å². The second kappa shape index (κ2) is 11.5. The highest BCUT2D eigenvalue weighted by atomic mass is 14.4. The van der Waals surface area contributed by atoms with Crippen LogP contribution in [-0.4, -0.2) is 0 Å². The first-order valence-electron chi connectivity index (χ1n) is 12.1. The van der Waals surface area contributed by atoms with Crippen LogP contribution < -0.4 is 0 Å². The summed E-state index contributed by atoms with van der Waals surface area (Å²) in [6.07, 6.45) is 11.6. The van der Waals surface area contributed by atoms with E-state index in [-0.39, 0.29) is 0 Å². The van der Waals surface area contributed by atoms with Crippen LogP contribution in [0.15, 0.2) is 24.3 Å². The molecule has 0 radical (unpaired) electrons. The predicted octanol–water partition coefficient (Wildman–Crippen LogP) is 8.79. The van der Waals surface area contributed by atoms with Crippen LogP contribution in [0.2, 0.25) is 0 Å². The Labute approximate surface area is 172 Å². The molecule has 0 nitrogen and oxygen atoms in total. The van der Waals surface area contributed by atoms with Gasteiger partial charge in [0.2, 0.25) is 0 Å². The Morgan fingerprint density at radius 2 is 1.56 bits per heavy atom. The van der Waals surface area contributed by atoms with Crippen molar-refractivity contribution in [3.8, 4) is 0 Å². The summed E-state index contributed by atoms with van der Waals surface area (Å²) in [5.41, 5.74) is 1.70. The summed E-state index contributed by atoms with van der Waals surface area (Å²) in [6.45, 7) is 25.9. The first kappa shape index (κ1) is 24.5. The molecule has 1 fully saturated rings. The molecule has 158 valence electrons. The highest BCUT2D eigenvalue weighted by molar-refractivity contribution is 5.22. The average molecular weight is 375 g/mol. The summed E-state index contributed by atoms with van der Waals surface area (Å²) in [7, 11) is 0. The molecule has 1 saturated carbocycles. The number of hydrogen-bond donors (Lipinski definition) is 0. The van der Waals surface area contributed by atoms with Gasteiger partial charge in [-0.3, -0.25) is 0 Å². The number of hydrogen-bond acceptors (Lipinski definition) is 0. The minimum Gasteiger partial charge on any atom is -0.102 e. The van der Waals surface area contributed by atoms with Gasteiger partial charge in [-0.2, -0.15) is 0 Å². The van der Waals surface area contributed by atoms with Gasteiger partial charge in [-0.25, -0.2) is 0 Å². The van der Waals surface area contributed by atoms with Gasteiger partial charge in [0.25, 0.3) is 0 Å². The summed E-state index contributed by atoms with van der Waals surface area (Å²) in [5.74, 6) is 6.93. The molecule has 27 heavy (non-hydrogen) atoms. The summed E-state index contributed by atoms with van der Waals surface area (Å²) in [6, 6.07) is 0. The SMILES string of the molecule is C=CC(C)C(=CC(C(CC)CC(C)C(C)CC)C(CC)C(C)C)C1CC1C. The van der Waals surface area contributed by atoms with Crippen molar-refractivity contribution in [3.05, 3.63) is 24.3 Å². The Kier molecular flexibility index (Phi) is 10.4. The zero-order valence-electron chi connectivity index (χ0n) is 20.1. The second-order valence-corrected chi connectivity index (χ2v) is 10.2. The number of rotatable bonds is 13. The molecule has 0 heterocycles. The van der Waals surface area contributed by atoms with Gasteiger partial charge in [-0.15, -0.1) is 6.58 Å². The standard InChI is InChI=1S/C27H50/c1-11-19(7)21(9)15-23(13-3)27(24(14-4)18(5)6)17-26(20(8)12-2)25-16-22(25)10/h12,17-25,27H,2,11,13-16H2,1,3-10H3. The third kappa shape index (κ3) is 6.79. The van der Waals surface area contributed by atoms with Crippen molar-refractivity contribution in [2.45, 2.75) is 94.4 Å². The summed E-state index contributed by atoms with van der Waals surface area (Å²) < 4.78 is 0. The Hall–Kier alpha value is -0.520. The maximum Gasteiger partial charge on any atom is -0.00514 e. The van der Waals surface area contributed by atoms with Crippen LogP contribution in [0.3, 0.4) is 0 Å². The Morgan fingerprint density at radius 3 is 1.93 bits per heavy atom. The van der Waals surface area contributed by atoms with Crippen molar-refractivity contribution in [2.75, 3.05) is 0 Å². The highest BCUT2D eigenvalue weighted by Gasteiger charge is 2.39. The maximum atomic E-state index is 4.13. The van der Waals surface area contributed by atoms with Gasteiger partial charge in [0, 0.05) is 0 Å². The lowest BCUT2D eigenvalue weighted by Gasteiger charge is -2.37. The van der Waals surface area contributed by atoms with Crippen molar-refractivity contribution in [1.82, 2.24) is 0 Å². The average Bonchev–Trinajstić information content (AvgIpc) is 3.37. The maximum absolute atomic E-state index is 4.13. The van der Waals surface area contributed by atoms with E-state index < -0.39 is 0 Å². The normalized spacial score (nSPS) is 27.0. The van der Waals surface area contributed by atoms with Crippen LogP contribution in [-0.2, 0) is 0 Å². The topological polar surface area (TPSA) is 0 Å². The van der Waals surface area contributed by atoms with Crippen molar-refractivity contribution < 1.29 is 0 Å². The van der Waals surface area contributed by atoms with Crippen LogP contribution in [0.25, 0.3) is 0 Å². The molecular formula is C27H50. The lowest BCUT2D eigenvalue weighted by molar-refractivity contribution is 0.169. The lowest BCUT2D eigenvalue weighted by Crippen LogP contribution is -2.28. The van der Waals surface area contributed by atoms with E-state index in [1.54, 1.807) is 5.57 Å². The highest BCUT2D eigenvalue weighted by Crippen LogP contribution is 2.48. The van der Waals surface area contributed by atoms with Crippen LogP contribution >= 0.6 is 0 Å². The first-order chi connectivity index (χ1) is 12.7. The van der Waals surface area contributed by atoms with E-state index in [1.807, 2.05) is 0 Å². The van der Waals surface area contributed by atoms with E-state index in [9.17, 15) is 0 Å². The fraction of sp³-hybridized carbons (Fsp3) is 0.852. The molecule has 0 aromatic rings. The van der Waals surface area contributed by atoms with E-state index in [0.29, 0.717) is 5.92 Å². The zero-order valence-corrected chi connectivity index (χ0v) is 20.1. The van der Waals surface area contributed by atoms with Gasteiger partial charge >= 0.3 is 0 Å². The summed E-state index contributed by atoms with van der Waals surface area (Å²) in [5, 5.41) is 0. The van der Waals surface area contributed by atoms with Crippen molar-refractivity contribution in [3.63, 3.8) is 0 Å². The van der Waals surface area contributed by atoms with E-state index in [2.05, 4.69) is 81.0 Å². The van der Waals surface area contributed by atoms with Crippen LogP contribution in [0, 0.1) is 53.3 Å². The van der Waals surface area contributed by atoms with Crippen LogP contribution in [0.1, 0.15) is 94.4 Å². The number of allylic oxidation sites excluding steroid dienone is 3. The van der Waals surface area contributed by atoms with Crippen molar-refractivity contribution in [1.29, 1.82) is 0 Å². The van der Waals surface area contributed by atoms with E-state index >= 15 is 0 Å². The molecule has 0 aliphatic heterocycles. The van der Waals surface area contributed by atoms with Gasteiger partial charge < -0.3 is 0 Å². The molecular weight excluding hydrogens is 324 g/mol. The minimum atomic E-state index is 0.525. The van der Waals surface area contributed by atoms with Crippen molar-refractivity contribution in [2.24, 2.45) is 53.3 Å².